The molecule has 2 fully saturated rings. The van der Waals surface area contributed by atoms with Gasteiger partial charge in [-0.25, -0.2) is 0 Å². The summed E-state index contributed by atoms with van der Waals surface area (Å²) in [7, 11) is 0. The molecule has 1 N–H and O–H groups in total. The highest BCUT2D eigenvalue weighted by Gasteiger charge is 2.63. The molecule has 2 nitrogen and oxygen atoms in total. The Kier molecular flexibility index (Phi) is 2.95. The van der Waals surface area contributed by atoms with Crippen LogP contribution in [0.15, 0.2) is 24.3 Å². The third-order valence-corrected chi connectivity index (χ3v) is 4.91. The first-order valence-corrected chi connectivity index (χ1v) is 7.04. The average molecular weight is 246 g/mol. The van der Waals surface area contributed by atoms with E-state index in [1.807, 2.05) is 0 Å². The molecule has 1 aromatic carbocycles. The molecule has 1 saturated heterocycles. The van der Waals surface area contributed by atoms with Gasteiger partial charge in [0.15, 0.2) is 0 Å². The van der Waals surface area contributed by atoms with Crippen LogP contribution in [0, 0.1) is 5.41 Å². The van der Waals surface area contributed by atoms with Crippen LogP contribution in [0.4, 0.5) is 0 Å². The van der Waals surface area contributed by atoms with Gasteiger partial charge in [0.2, 0.25) is 0 Å². The van der Waals surface area contributed by atoms with Gasteiger partial charge in [0.05, 0.1) is 13.2 Å². The van der Waals surface area contributed by atoms with E-state index in [-0.39, 0.29) is 10.8 Å². The monoisotopic (exact) mass is 246 g/mol. The van der Waals surface area contributed by atoms with Gasteiger partial charge in [0, 0.05) is 17.4 Å². The van der Waals surface area contributed by atoms with E-state index in [2.05, 4.69) is 31.2 Å². The lowest BCUT2D eigenvalue weighted by molar-refractivity contribution is -0.110. The molecule has 98 valence electrons. The minimum absolute atomic E-state index is 0.0898. The zero-order chi connectivity index (χ0) is 12.6. The normalized spacial score (nSPS) is 23.4. The Morgan fingerprint density at radius 1 is 1.17 bits per heavy atom. The molecule has 2 heteroatoms. The van der Waals surface area contributed by atoms with Gasteiger partial charge in [-0.15, -0.1) is 0 Å². The minimum atomic E-state index is 0.0898. The predicted octanol–water partition coefficient (Wildman–Crippen LogP) is 2.68. The summed E-state index contributed by atoms with van der Waals surface area (Å²) in [5.41, 5.74) is 2.97. The van der Waals surface area contributed by atoms with E-state index < -0.39 is 0 Å². The molecule has 1 aliphatic carbocycles. The van der Waals surface area contributed by atoms with Crippen molar-refractivity contribution >= 4 is 0 Å². The molecule has 0 unspecified atom stereocenters. The van der Waals surface area contributed by atoms with Crippen molar-refractivity contribution in [2.24, 2.45) is 5.41 Å². The Morgan fingerprint density at radius 3 is 2.22 bits per heavy atom. The maximum absolute atomic E-state index is 9.70. The minimum Gasteiger partial charge on any atom is -0.396 e. The van der Waals surface area contributed by atoms with Crippen LogP contribution in [0.2, 0.25) is 0 Å². The molecule has 18 heavy (non-hydrogen) atoms. The van der Waals surface area contributed by atoms with Crippen molar-refractivity contribution in [1.29, 1.82) is 0 Å². The van der Waals surface area contributed by atoms with Gasteiger partial charge in [0.1, 0.15) is 0 Å². The van der Waals surface area contributed by atoms with Crippen LogP contribution in [0.5, 0.6) is 0 Å². The Morgan fingerprint density at radius 2 is 1.83 bits per heavy atom. The van der Waals surface area contributed by atoms with Gasteiger partial charge in [-0.1, -0.05) is 37.6 Å². The number of aliphatic hydroxyl groups excluding tert-OH is 1. The summed E-state index contributed by atoms with van der Waals surface area (Å²) in [4.78, 5) is 0. The second-order valence-corrected chi connectivity index (χ2v) is 5.96. The standard InChI is InChI=1S/C16H22O2/c1-2-3-13-4-6-14(7-5-13)16(11-18-12-16)15(10-17)8-9-15/h4-7,17H,2-3,8-12H2,1H3. The van der Waals surface area contributed by atoms with Gasteiger partial charge in [-0.05, 0) is 30.4 Å². The lowest BCUT2D eigenvalue weighted by Crippen LogP contribution is -2.54. The fraction of sp³-hybridized carbons (Fsp3) is 0.625. The molecule has 1 aromatic rings. The SMILES string of the molecule is CCCc1ccc(C2(C3(CO)CC3)COC2)cc1. The fourth-order valence-corrected chi connectivity index (χ4v) is 3.30. The van der Waals surface area contributed by atoms with E-state index in [0.29, 0.717) is 6.61 Å². The van der Waals surface area contributed by atoms with Crippen LogP contribution < -0.4 is 0 Å². The van der Waals surface area contributed by atoms with Crippen molar-refractivity contribution in [2.45, 2.75) is 38.0 Å². The fourth-order valence-electron chi connectivity index (χ4n) is 3.30. The number of hydrogen-bond acceptors (Lipinski definition) is 2. The summed E-state index contributed by atoms with van der Waals surface area (Å²) in [6.07, 6.45) is 4.62. The molecule has 1 heterocycles. The van der Waals surface area contributed by atoms with E-state index in [4.69, 9.17) is 4.74 Å². The van der Waals surface area contributed by atoms with Crippen LogP contribution in [0.3, 0.4) is 0 Å². The Hall–Kier alpha value is -0.860. The number of aryl methyl sites for hydroxylation is 1. The van der Waals surface area contributed by atoms with Gasteiger partial charge < -0.3 is 9.84 Å². The van der Waals surface area contributed by atoms with Gasteiger partial charge >= 0.3 is 0 Å². The van der Waals surface area contributed by atoms with Crippen molar-refractivity contribution in [1.82, 2.24) is 0 Å². The quantitative estimate of drug-likeness (QED) is 0.865. The summed E-state index contributed by atoms with van der Waals surface area (Å²) >= 11 is 0. The summed E-state index contributed by atoms with van der Waals surface area (Å²) in [5, 5.41) is 9.70. The Bertz CT molecular complexity index is 413. The highest BCUT2D eigenvalue weighted by molar-refractivity contribution is 5.36. The zero-order valence-corrected chi connectivity index (χ0v) is 11.1. The largest absolute Gasteiger partial charge is 0.396 e. The van der Waals surface area contributed by atoms with E-state index >= 15 is 0 Å². The number of ether oxygens (including phenoxy) is 1. The number of aliphatic hydroxyl groups is 1. The van der Waals surface area contributed by atoms with E-state index in [9.17, 15) is 5.11 Å². The summed E-state index contributed by atoms with van der Waals surface area (Å²) < 4.78 is 5.49. The topological polar surface area (TPSA) is 29.5 Å². The van der Waals surface area contributed by atoms with E-state index in [1.54, 1.807) is 0 Å². The molecule has 1 saturated carbocycles. The first-order chi connectivity index (χ1) is 8.76. The van der Waals surface area contributed by atoms with Crippen molar-refractivity contribution in [3.63, 3.8) is 0 Å². The Balaban J connectivity index is 1.88. The number of hydrogen-bond donors (Lipinski definition) is 1. The molecule has 2 aliphatic rings. The molecule has 0 atom stereocenters. The lowest BCUT2D eigenvalue weighted by atomic mass is 9.66. The van der Waals surface area contributed by atoms with Crippen LogP contribution in [-0.2, 0) is 16.6 Å². The van der Waals surface area contributed by atoms with Crippen molar-refractivity contribution in [3.05, 3.63) is 35.4 Å². The first-order valence-electron chi connectivity index (χ1n) is 7.04. The number of benzene rings is 1. The molecule has 1 aliphatic heterocycles. The van der Waals surface area contributed by atoms with Crippen LogP contribution in [0.1, 0.15) is 37.3 Å². The molecule has 0 bridgehead atoms. The summed E-state index contributed by atoms with van der Waals surface area (Å²) in [6.45, 7) is 4.06. The van der Waals surface area contributed by atoms with Crippen molar-refractivity contribution in [2.75, 3.05) is 19.8 Å². The molecular weight excluding hydrogens is 224 g/mol. The third-order valence-electron chi connectivity index (χ3n) is 4.91. The van der Waals surface area contributed by atoms with Crippen LogP contribution >= 0.6 is 0 Å². The smallest absolute Gasteiger partial charge is 0.0591 e. The molecule has 0 spiro atoms. The molecule has 3 rings (SSSR count). The maximum atomic E-state index is 9.70. The zero-order valence-electron chi connectivity index (χ0n) is 11.1. The number of rotatable bonds is 5. The third kappa shape index (κ3) is 1.63. The summed E-state index contributed by atoms with van der Waals surface area (Å²) in [5.74, 6) is 0. The van der Waals surface area contributed by atoms with Crippen LogP contribution in [0.25, 0.3) is 0 Å². The highest BCUT2D eigenvalue weighted by Crippen LogP contribution is 2.62. The summed E-state index contributed by atoms with van der Waals surface area (Å²) in [6, 6.07) is 8.99. The first kappa shape index (κ1) is 12.2. The van der Waals surface area contributed by atoms with E-state index in [1.165, 1.54) is 17.5 Å². The molecule has 0 radical (unpaired) electrons. The van der Waals surface area contributed by atoms with Gasteiger partial charge in [-0.2, -0.15) is 0 Å². The maximum Gasteiger partial charge on any atom is 0.0591 e. The second-order valence-electron chi connectivity index (χ2n) is 5.96. The second kappa shape index (κ2) is 4.36. The van der Waals surface area contributed by atoms with Gasteiger partial charge in [-0.3, -0.25) is 0 Å². The predicted molar refractivity (Wildman–Crippen MR) is 71.7 cm³/mol. The lowest BCUT2D eigenvalue weighted by Gasteiger charge is -2.48. The Labute approximate surface area is 109 Å². The van der Waals surface area contributed by atoms with Crippen molar-refractivity contribution in [3.8, 4) is 0 Å². The average Bonchev–Trinajstić information content (AvgIpc) is 3.12. The van der Waals surface area contributed by atoms with Crippen molar-refractivity contribution < 1.29 is 9.84 Å². The molecule has 0 amide bonds. The molecular formula is C16H22O2. The van der Waals surface area contributed by atoms with Gasteiger partial charge in [0.25, 0.3) is 0 Å². The van der Waals surface area contributed by atoms with Crippen LogP contribution in [-0.4, -0.2) is 24.9 Å². The highest BCUT2D eigenvalue weighted by atomic mass is 16.5. The molecule has 0 aromatic heterocycles. The van der Waals surface area contributed by atoms with E-state index in [0.717, 1.165) is 32.5 Å².